The zero-order valence-corrected chi connectivity index (χ0v) is 18.4. The highest BCUT2D eigenvalue weighted by molar-refractivity contribution is 5.44. The summed E-state index contributed by atoms with van der Waals surface area (Å²) in [7, 11) is 1.78. The van der Waals surface area contributed by atoms with Gasteiger partial charge in [-0.3, -0.25) is 0 Å². The van der Waals surface area contributed by atoms with Gasteiger partial charge in [-0.05, 0) is 74.6 Å². The quantitative estimate of drug-likeness (QED) is 0.424. The molecule has 0 spiro atoms. The van der Waals surface area contributed by atoms with Crippen molar-refractivity contribution in [1.29, 1.82) is 0 Å². The molecule has 0 saturated carbocycles. The van der Waals surface area contributed by atoms with Gasteiger partial charge >= 0.3 is 0 Å². The molecule has 0 aliphatic heterocycles. The summed E-state index contributed by atoms with van der Waals surface area (Å²) in [5.74, 6) is 2.90. The first-order valence-corrected chi connectivity index (χ1v) is 10.9. The topological polar surface area (TPSA) is 47.0 Å². The summed E-state index contributed by atoms with van der Waals surface area (Å²) in [5.41, 5.74) is 5.39. The Balaban J connectivity index is 0.00000420. The highest BCUT2D eigenvalue weighted by atomic mass is 16.5. The average molecular weight is 400 g/mol. The van der Waals surface area contributed by atoms with Gasteiger partial charge in [0.15, 0.2) is 0 Å². The van der Waals surface area contributed by atoms with Crippen molar-refractivity contribution in [2.24, 2.45) is 0 Å². The minimum absolute atomic E-state index is 0. The van der Waals surface area contributed by atoms with Crippen LogP contribution in [0.2, 0.25) is 0 Å². The van der Waals surface area contributed by atoms with E-state index in [0.29, 0.717) is 0 Å². The Hall–Kier alpha value is -2.10. The van der Waals surface area contributed by atoms with Gasteiger partial charge in [0.05, 0.1) is 7.11 Å². The Morgan fingerprint density at radius 3 is 2.38 bits per heavy atom. The number of unbranched alkanes of at least 4 members (excludes halogenated alkanes) is 2. The Labute approximate surface area is 178 Å². The number of nitrogens with zero attached hydrogens (tertiary/aromatic N) is 2. The number of rotatable bonds is 12. The van der Waals surface area contributed by atoms with E-state index in [4.69, 9.17) is 4.74 Å². The number of ether oxygens (including phenoxy) is 1. The Bertz CT molecular complexity index is 718. The van der Waals surface area contributed by atoms with Crippen molar-refractivity contribution < 1.29 is 4.74 Å². The SMILES string of the molecule is C.CCCCNc1nc(C)ncc1CCCCc1cc(CC)c(CC)c(OC)c1. The maximum Gasteiger partial charge on any atom is 0.132 e. The molecule has 2 aromatic rings. The van der Waals surface area contributed by atoms with Crippen LogP contribution in [0.25, 0.3) is 0 Å². The van der Waals surface area contributed by atoms with Gasteiger partial charge in [0.1, 0.15) is 17.4 Å². The van der Waals surface area contributed by atoms with Gasteiger partial charge in [-0.1, -0.05) is 40.7 Å². The number of nitrogens with one attached hydrogen (secondary N) is 1. The molecule has 1 aromatic heterocycles. The molecule has 0 saturated heterocycles. The fraction of sp³-hybridized carbons (Fsp3) is 0.600. The van der Waals surface area contributed by atoms with E-state index in [1.54, 1.807) is 7.11 Å². The number of anilines is 1. The molecule has 4 heteroatoms. The van der Waals surface area contributed by atoms with Crippen molar-refractivity contribution in [2.45, 2.75) is 86.5 Å². The normalized spacial score (nSPS) is 10.5. The van der Waals surface area contributed by atoms with Gasteiger partial charge in [0.2, 0.25) is 0 Å². The summed E-state index contributed by atoms with van der Waals surface area (Å²) in [6.45, 7) is 9.56. The standard InChI is InChI=1S/C24H37N3O.CH4/c1-6-9-14-25-24-21(17-26-18(4)27-24)13-11-10-12-19-15-20(7-2)22(8-3)23(16-19)28-5;/h15-17H,6-14H2,1-5H3,(H,25,26,27);1H4. The third kappa shape index (κ3) is 7.34. The van der Waals surface area contributed by atoms with Crippen molar-refractivity contribution >= 4 is 5.82 Å². The molecule has 1 N–H and O–H groups in total. The molecule has 0 radical (unpaired) electrons. The van der Waals surface area contributed by atoms with Gasteiger partial charge < -0.3 is 10.1 Å². The first-order valence-electron chi connectivity index (χ1n) is 10.9. The molecule has 0 unspecified atom stereocenters. The Morgan fingerprint density at radius 2 is 1.72 bits per heavy atom. The van der Waals surface area contributed by atoms with Crippen LogP contribution >= 0.6 is 0 Å². The lowest BCUT2D eigenvalue weighted by molar-refractivity contribution is 0.408. The third-order valence-corrected chi connectivity index (χ3v) is 5.28. The minimum Gasteiger partial charge on any atom is -0.496 e. The van der Waals surface area contributed by atoms with E-state index in [2.05, 4.69) is 48.2 Å². The molecule has 0 atom stereocenters. The van der Waals surface area contributed by atoms with Crippen molar-refractivity contribution in [3.63, 3.8) is 0 Å². The zero-order chi connectivity index (χ0) is 20.4. The van der Waals surface area contributed by atoms with E-state index in [9.17, 15) is 0 Å². The van der Waals surface area contributed by atoms with Gasteiger partial charge in [0, 0.05) is 18.3 Å². The molecule has 0 bridgehead atoms. The van der Waals surface area contributed by atoms with E-state index in [1.807, 2.05) is 13.1 Å². The Morgan fingerprint density at radius 1 is 0.966 bits per heavy atom. The summed E-state index contributed by atoms with van der Waals surface area (Å²) in [6, 6.07) is 4.60. The first kappa shape index (κ1) is 24.9. The molecular weight excluding hydrogens is 358 g/mol. The largest absolute Gasteiger partial charge is 0.496 e. The third-order valence-electron chi connectivity index (χ3n) is 5.28. The Kier molecular flexibility index (Phi) is 11.3. The summed E-state index contributed by atoms with van der Waals surface area (Å²) < 4.78 is 5.64. The van der Waals surface area contributed by atoms with Gasteiger partial charge in [0.25, 0.3) is 0 Å². The van der Waals surface area contributed by atoms with E-state index in [0.717, 1.165) is 68.9 Å². The summed E-state index contributed by atoms with van der Waals surface area (Å²) in [4.78, 5) is 9.01. The molecule has 0 aliphatic rings. The lowest BCUT2D eigenvalue weighted by Gasteiger charge is -2.15. The zero-order valence-electron chi connectivity index (χ0n) is 18.4. The lowest BCUT2D eigenvalue weighted by Crippen LogP contribution is -2.08. The number of hydrogen-bond acceptors (Lipinski definition) is 4. The fourth-order valence-electron chi connectivity index (χ4n) is 3.67. The van der Waals surface area contributed by atoms with E-state index in [-0.39, 0.29) is 7.43 Å². The molecular formula is C25H41N3O. The van der Waals surface area contributed by atoms with E-state index < -0.39 is 0 Å². The molecule has 162 valence electrons. The molecule has 4 nitrogen and oxygen atoms in total. The van der Waals surface area contributed by atoms with Gasteiger partial charge in [-0.2, -0.15) is 0 Å². The lowest BCUT2D eigenvalue weighted by atomic mass is 9.96. The second kappa shape index (κ2) is 13.2. The molecule has 1 aromatic carbocycles. The summed E-state index contributed by atoms with van der Waals surface area (Å²) in [5, 5.41) is 3.49. The van der Waals surface area contributed by atoms with Gasteiger partial charge in [-0.15, -0.1) is 0 Å². The second-order valence-electron chi connectivity index (χ2n) is 7.42. The van der Waals surface area contributed by atoms with Crippen LogP contribution in [0.1, 0.15) is 82.0 Å². The molecule has 29 heavy (non-hydrogen) atoms. The first-order chi connectivity index (χ1) is 13.6. The van der Waals surface area contributed by atoms with Crippen molar-refractivity contribution in [3.05, 3.63) is 46.4 Å². The monoisotopic (exact) mass is 399 g/mol. The maximum absolute atomic E-state index is 5.64. The molecule has 0 amide bonds. The summed E-state index contributed by atoms with van der Waals surface area (Å²) >= 11 is 0. The fourth-order valence-corrected chi connectivity index (χ4v) is 3.67. The predicted molar refractivity (Wildman–Crippen MR) is 125 cm³/mol. The predicted octanol–water partition coefficient (Wildman–Crippen LogP) is 6.33. The van der Waals surface area contributed by atoms with Crippen LogP contribution < -0.4 is 10.1 Å². The number of aryl methyl sites for hydroxylation is 4. The van der Waals surface area contributed by atoms with Crippen LogP contribution in [0.4, 0.5) is 5.82 Å². The minimum atomic E-state index is 0. The van der Waals surface area contributed by atoms with Crippen LogP contribution in [-0.4, -0.2) is 23.6 Å². The average Bonchev–Trinajstić information content (AvgIpc) is 2.71. The van der Waals surface area contributed by atoms with Crippen LogP contribution in [0.3, 0.4) is 0 Å². The second-order valence-corrected chi connectivity index (χ2v) is 7.42. The molecule has 0 fully saturated rings. The van der Waals surface area contributed by atoms with E-state index in [1.165, 1.54) is 28.7 Å². The van der Waals surface area contributed by atoms with Crippen molar-refractivity contribution in [2.75, 3.05) is 19.0 Å². The molecule has 2 rings (SSSR count). The van der Waals surface area contributed by atoms with Crippen molar-refractivity contribution in [1.82, 2.24) is 9.97 Å². The highest BCUT2D eigenvalue weighted by Gasteiger charge is 2.10. The highest BCUT2D eigenvalue weighted by Crippen LogP contribution is 2.27. The van der Waals surface area contributed by atoms with E-state index >= 15 is 0 Å². The molecule has 0 aliphatic carbocycles. The van der Waals surface area contributed by atoms with Crippen LogP contribution in [0.15, 0.2) is 18.3 Å². The molecule has 1 heterocycles. The number of hydrogen-bond donors (Lipinski definition) is 1. The summed E-state index contributed by atoms with van der Waals surface area (Å²) in [6.07, 6.45) is 10.8. The van der Waals surface area contributed by atoms with Crippen LogP contribution in [0.5, 0.6) is 5.75 Å². The number of benzene rings is 1. The van der Waals surface area contributed by atoms with Gasteiger partial charge in [-0.25, -0.2) is 9.97 Å². The smallest absolute Gasteiger partial charge is 0.132 e. The number of aromatic nitrogens is 2. The van der Waals surface area contributed by atoms with Crippen LogP contribution in [0, 0.1) is 6.92 Å². The maximum atomic E-state index is 5.64. The number of methoxy groups -OCH3 is 1. The van der Waals surface area contributed by atoms with Crippen LogP contribution in [-0.2, 0) is 25.7 Å². The van der Waals surface area contributed by atoms with Crippen molar-refractivity contribution in [3.8, 4) is 5.75 Å².